The molecule has 0 bridgehead atoms. The molecule has 1 aromatic carbocycles. The van der Waals surface area contributed by atoms with Crippen molar-refractivity contribution in [1.29, 1.82) is 0 Å². The van der Waals surface area contributed by atoms with Crippen LogP contribution < -0.4 is 5.73 Å². The highest BCUT2D eigenvalue weighted by molar-refractivity contribution is 7.90. The van der Waals surface area contributed by atoms with Gasteiger partial charge >= 0.3 is 0 Å². The molecule has 0 saturated carbocycles. The molecule has 0 aliphatic carbocycles. The molecule has 0 radical (unpaired) electrons. The van der Waals surface area contributed by atoms with E-state index in [2.05, 4.69) is 13.8 Å². The van der Waals surface area contributed by atoms with Crippen LogP contribution in [0.1, 0.15) is 42.1 Å². The lowest BCUT2D eigenvalue weighted by molar-refractivity contribution is 0.0960. The number of benzene rings is 1. The van der Waals surface area contributed by atoms with E-state index in [0.717, 1.165) is 11.8 Å². The monoisotopic (exact) mass is 283 g/mol. The molecule has 0 amide bonds. The second kappa shape index (κ2) is 6.30. The van der Waals surface area contributed by atoms with Gasteiger partial charge in [-0.05, 0) is 17.9 Å². The van der Waals surface area contributed by atoms with Gasteiger partial charge in [-0.25, -0.2) is 8.42 Å². The zero-order valence-corrected chi connectivity index (χ0v) is 12.4. The summed E-state index contributed by atoms with van der Waals surface area (Å²) in [4.78, 5) is 12.0. The fourth-order valence-corrected chi connectivity index (χ4v) is 2.40. The molecule has 0 spiro atoms. The van der Waals surface area contributed by atoms with E-state index in [1.807, 2.05) is 12.1 Å². The average molecular weight is 283 g/mol. The molecule has 1 atom stereocenters. The van der Waals surface area contributed by atoms with E-state index in [0.29, 0.717) is 11.5 Å². The number of ketones is 1. The van der Waals surface area contributed by atoms with Crippen LogP contribution in [0.15, 0.2) is 24.3 Å². The van der Waals surface area contributed by atoms with Gasteiger partial charge in [0.2, 0.25) is 0 Å². The lowest BCUT2D eigenvalue weighted by Crippen LogP contribution is -2.32. The van der Waals surface area contributed by atoms with Gasteiger partial charge in [0, 0.05) is 11.8 Å². The Kier molecular flexibility index (Phi) is 5.26. The van der Waals surface area contributed by atoms with E-state index in [-0.39, 0.29) is 18.0 Å². The molecule has 4 nitrogen and oxygen atoms in total. The Morgan fingerprint density at radius 1 is 1.21 bits per heavy atom. The number of nitrogens with two attached hydrogens (primary N) is 1. The van der Waals surface area contributed by atoms with Gasteiger partial charge in [-0.15, -0.1) is 0 Å². The fourth-order valence-electron chi connectivity index (χ4n) is 1.72. The maximum absolute atomic E-state index is 12.0. The first-order chi connectivity index (χ1) is 8.70. The number of Topliss-reactive ketones (excluding diaryl/α,β-unsaturated/α-hetero) is 1. The minimum Gasteiger partial charge on any atom is -0.321 e. The SMILES string of the molecule is CC(C)c1ccc(C(=O)C(N)CCS(C)(=O)=O)cc1. The van der Waals surface area contributed by atoms with Crippen molar-refractivity contribution in [3.05, 3.63) is 35.4 Å². The van der Waals surface area contributed by atoms with Gasteiger partial charge in [-0.3, -0.25) is 4.79 Å². The van der Waals surface area contributed by atoms with E-state index >= 15 is 0 Å². The summed E-state index contributed by atoms with van der Waals surface area (Å²) in [6, 6.07) is 6.54. The summed E-state index contributed by atoms with van der Waals surface area (Å²) in [5.41, 5.74) is 7.43. The van der Waals surface area contributed by atoms with Gasteiger partial charge in [0.05, 0.1) is 11.8 Å². The third kappa shape index (κ3) is 5.12. The van der Waals surface area contributed by atoms with E-state index in [9.17, 15) is 13.2 Å². The van der Waals surface area contributed by atoms with E-state index in [4.69, 9.17) is 5.73 Å². The summed E-state index contributed by atoms with van der Waals surface area (Å²) in [5.74, 6) is 0.131. The quantitative estimate of drug-likeness (QED) is 0.807. The Morgan fingerprint density at radius 2 is 1.74 bits per heavy atom. The molecular formula is C14H21NO3S. The van der Waals surface area contributed by atoms with Crippen molar-refractivity contribution in [2.24, 2.45) is 5.73 Å². The van der Waals surface area contributed by atoms with Gasteiger partial charge < -0.3 is 5.73 Å². The number of hydrogen-bond acceptors (Lipinski definition) is 4. The Balaban J connectivity index is 2.71. The zero-order chi connectivity index (χ0) is 14.6. The smallest absolute Gasteiger partial charge is 0.179 e. The number of rotatable bonds is 6. The van der Waals surface area contributed by atoms with E-state index < -0.39 is 15.9 Å². The van der Waals surface area contributed by atoms with E-state index in [1.165, 1.54) is 0 Å². The lowest BCUT2D eigenvalue weighted by atomic mass is 9.98. The highest BCUT2D eigenvalue weighted by atomic mass is 32.2. The number of hydrogen-bond donors (Lipinski definition) is 1. The molecule has 0 aliphatic rings. The summed E-state index contributed by atoms with van der Waals surface area (Å²) in [7, 11) is -3.09. The van der Waals surface area contributed by atoms with Crippen LogP contribution in [0.4, 0.5) is 0 Å². The maximum Gasteiger partial charge on any atom is 0.179 e. The van der Waals surface area contributed by atoms with Gasteiger partial charge in [-0.1, -0.05) is 38.1 Å². The molecule has 1 aromatic rings. The van der Waals surface area contributed by atoms with Crippen LogP contribution >= 0.6 is 0 Å². The first kappa shape index (κ1) is 15.9. The Hall–Kier alpha value is -1.20. The van der Waals surface area contributed by atoms with Crippen molar-refractivity contribution in [3.8, 4) is 0 Å². The first-order valence-electron chi connectivity index (χ1n) is 6.28. The van der Waals surface area contributed by atoms with Crippen molar-refractivity contribution in [2.75, 3.05) is 12.0 Å². The summed E-state index contributed by atoms with van der Waals surface area (Å²) >= 11 is 0. The molecule has 19 heavy (non-hydrogen) atoms. The molecule has 106 valence electrons. The van der Waals surface area contributed by atoms with Crippen LogP contribution in [0.2, 0.25) is 0 Å². The van der Waals surface area contributed by atoms with Crippen LogP contribution in [0.5, 0.6) is 0 Å². The predicted molar refractivity (Wildman–Crippen MR) is 77.2 cm³/mol. The van der Waals surface area contributed by atoms with Crippen molar-refractivity contribution in [2.45, 2.75) is 32.2 Å². The molecule has 2 N–H and O–H groups in total. The van der Waals surface area contributed by atoms with Crippen molar-refractivity contribution in [1.82, 2.24) is 0 Å². The Morgan fingerprint density at radius 3 is 2.16 bits per heavy atom. The molecular weight excluding hydrogens is 262 g/mol. The minimum absolute atomic E-state index is 0.0655. The first-order valence-corrected chi connectivity index (χ1v) is 8.34. The fraction of sp³-hybridized carbons (Fsp3) is 0.500. The lowest BCUT2D eigenvalue weighted by Gasteiger charge is -2.11. The highest BCUT2D eigenvalue weighted by Crippen LogP contribution is 2.15. The molecule has 0 saturated heterocycles. The maximum atomic E-state index is 12.0. The molecule has 1 unspecified atom stereocenters. The Labute approximate surface area is 114 Å². The Bertz CT molecular complexity index is 532. The normalized spacial score (nSPS) is 13.5. The molecule has 0 fully saturated rings. The molecule has 1 rings (SSSR count). The second-order valence-electron chi connectivity index (χ2n) is 5.17. The highest BCUT2D eigenvalue weighted by Gasteiger charge is 2.17. The number of carbonyl (C=O) groups excluding carboxylic acids is 1. The van der Waals surface area contributed by atoms with E-state index in [1.54, 1.807) is 12.1 Å². The van der Waals surface area contributed by atoms with Gasteiger partial charge in [0.1, 0.15) is 9.84 Å². The second-order valence-corrected chi connectivity index (χ2v) is 7.43. The topological polar surface area (TPSA) is 77.2 Å². The van der Waals surface area contributed by atoms with Crippen LogP contribution in [0.3, 0.4) is 0 Å². The van der Waals surface area contributed by atoms with Crippen molar-refractivity contribution < 1.29 is 13.2 Å². The molecule has 0 aromatic heterocycles. The standard InChI is InChI=1S/C14H21NO3S/c1-10(2)11-4-6-12(7-5-11)14(16)13(15)8-9-19(3,17)18/h4-7,10,13H,8-9,15H2,1-3H3. The van der Waals surface area contributed by atoms with Crippen LogP contribution in [-0.2, 0) is 9.84 Å². The van der Waals surface area contributed by atoms with Crippen LogP contribution in [0, 0.1) is 0 Å². The van der Waals surface area contributed by atoms with Crippen molar-refractivity contribution in [3.63, 3.8) is 0 Å². The molecule has 0 aliphatic heterocycles. The van der Waals surface area contributed by atoms with Crippen LogP contribution in [0.25, 0.3) is 0 Å². The molecule has 0 heterocycles. The summed E-state index contributed by atoms with van der Waals surface area (Å²) in [6.45, 7) is 4.16. The summed E-state index contributed by atoms with van der Waals surface area (Å²) in [6.07, 6.45) is 1.30. The zero-order valence-electron chi connectivity index (χ0n) is 11.6. The largest absolute Gasteiger partial charge is 0.321 e. The summed E-state index contributed by atoms with van der Waals surface area (Å²) in [5, 5.41) is 0. The van der Waals surface area contributed by atoms with Gasteiger partial charge in [-0.2, -0.15) is 0 Å². The van der Waals surface area contributed by atoms with Crippen molar-refractivity contribution >= 4 is 15.6 Å². The van der Waals surface area contributed by atoms with Gasteiger partial charge in [0.15, 0.2) is 5.78 Å². The molecule has 5 heteroatoms. The third-order valence-electron chi connectivity index (χ3n) is 3.00. The minimum atomic E-state index is -3.09. The van der Waals surface area contributed by atoms with Gasteiger partial charge in [0.25, 0.3) is 0 Å². The summed E-state index contributed by atoms with van der Waals surface area (Å²) < 4.78 is 22.1. The predicted octanol–water partition coefficient (Wildman–Crippen LogP) is 1.75. The number of sulfone groups is 1. The van der Waals surface area contributed by atoms with Crippen LogP contribution in [-0.4, -0.2) is 32.3 Å². The number of carbonyl (C=O) groups is 1. The average Bonchev–Trinajstić information content (AvgIpc) is 2.34. The third-order valence-corrected chi connectivity index (χ3v) is 3.98.